The third kappa shape index (κ3) is 4.53. The number of pyridine rings is 1. The molecule has 3 heterocycles. The molecule has 0 aliphatic carbocycles. The van der Waals surface area contributed by atoms with Gasteiger partial charge in [-0.3, -0.25) is 9.88 Å². The Hall–Kier alpha value is -3.19. The Bertz CT molecular complexity index is 1020. The van der Waals surface area contributed by atoms with E-state index in [9.17, 15) is 0 Å². The Morgan fingerprint density at radius 2 is 1.78 bits per heavy atom. The summed E-state index contributed by atoms with van der Waals surface area (Å²) < 4.78 is 11.4. The maximum Gasteiger partial charge on any atom is 0.225 e. The highest BCUT2D eigenvalue weighted by molar-refractivity contribution is 5.78. The van der Waals surface area contributed by atoms with Gasteiger partial charge in [0.1, 0.15) is 11.5 Å². The molecule has 0 radical (unpaired) electrons. The summed E-state index contributed by atoms with van der Waals surface area (Å²) in [6.07, 6.45) is 7.12. The number of aromatic nitrogens is 3. The first-order valence-corrected chi connectivity index (χ1v) is 11.0. The predicted molar refractivity (Wildman–Crippen MR) is 126 cm³/mol. The molecule has 7 heteroatoms. The van der Waals surface area contributed by atoms with E-state index in [0.29, 0.717) is 5.95 Å². The van der Waals surface area contributed by atoms with Crippen LogP contribution in [0.2, 0.25) is 0 Å². The normalized spacial score (nSPS) is 16.6. The van der Waals surface area contributed by atoms with E-state index in [0.717, 1.165) is 59.9 Å². The van der Waals surface area contributed by atoms with Crippen LogP contribution in [0, 0.1) is 0 Å². The summed E-state index contributed by atoms with van der Waals surface area (Å²) in [4.78, 5) is 18.7. The highest BCUT2D eigenvalue weighted by Gasteiger charge is 2.30. The predicted octanol–water partition coefficient (Wildman–Crippen LogP) is 4.35. The van der Waals surface area contributed by atoms with Gasteiger partial charge >= 0.3 is 0 Å². The smallest absolute Gasteiger partial charge is 0.225 e. The third-order valence-electron chi connectivity index (χ3n) is 5.92. The second kappa shape index (κ2) is 9.96. The summed E-state index contributed by atoms with van der Waals surface area (Å²) in [6.45, 7) is 1.79. The van der Waals surface area contributed by atoms with Crippen LogP contribution in [-0.2, 0) is 6.54 Å². The topological polar surface area (TPSA) is 63.6 Å². The van der Waals surface area contributed by atoms with Crippen molar-refractivity contribution in [2.24, 2.45) is 0 Å². The largest absolute Gasteiger partial charge is 0.496 e. The lowest BCUT2D eigenvalue weighted by atomic mass is 9.93. The van der Waals surface area contributed by atoms with Crippen LogP contribution in [0.5, 0.6) is 11.5 Å². The molecule has 0 spiro atoms. The molecule has 3 aromatic rings. The number of likely N-dealkylation sites (tertiary alicyclic amines) is 1. The van der Waals surface area contributed by atoms with Crippen LogP contribution in [0.25, 0.3) is 11.1 Å². The van der Waals surface area contributed by atoms with Crippen LogP contribution in [0.1, 0.15) is 36.7 Å². The van der Waals surface area contributed by atoms with Crippen molar-refractivity contribution in [3.63, 3.8) is 0 Å². The van der Waals surface area contributed by atoms with E-state index in [4.69, 9.17) is 14.5 Å². The quantitative estimate of drug-likeness (QED) is 0.549. The first kappa shape index (κ1) is 22.0. The third-order valence-corrected chi connectivity index (χ3v) is 5.92. The number of nitrogens with zero attached hydrogens (tertiary/aromatic N) is 5. The van der Waals surface area contributed by atoms with Gasteiger partial charge < -0.3 is 14.4 Å². The fourth-order valence-corrected chi connectivity index (χ4v) is 4.35. The van der Waals surface area contributed by atoms with Crippen molar-refractivity contribution in [1.82, 2.24) is 19.9 Å². The van der Waals surface area contributed by atoms with Gasteiger partial charge in [0.25, 0.3) is 0 Å². The molecule has 0 amide bonds. The van der Waals surface area contributed by atoms with Gasteiger partial charge in [-0.2, -0.15) is 0 Å². The standard InChI is InChI=1S/C25H31N5O2/c1-29(2)25-27-16-19(23-21(31-3)12-9-13-22(23)32-4)24(28-25)20-11-6-8-15-30(20)17-18-10-5-7-14-26-18/h5,7,9-10,12-14,16,20H,6,8,11,15,17H2,1-4H3. The summed E-state index contributed by atoms with van der Waals surface area (Å²) >= 11 is 0. The van der Waals surface area contributed by atoms with E-state index >= 15 is 0 Å². The van der Waals surface area contributed by atoms with Gasteiger partial charge in [0, 0.05) is 38.6 Å². The van der Waals surface area contributed by atoms with Crippen molar-refractivity contribution in [2.75, 3.05) is 39.8 Å². The van der Waals surface area contributed by atoms with Gasteiger partial charge in [-0.15, -0.1) is 0 Å². The van der Waals surface area contributed by atoms with Gasteiger partial charge in [-0.25, -0.2) is 9.97 Å². The molecule has 1 atom stereocenters. The van der Waals surface area contributed by atoms with Crippen molar-refractivity contribution >= 4 is 5.95 Å². The zero-order valence-corrected chi connectivity index (χ0v) is 19.3. The number of rotatable bonds is 7. The van der Waals surface area contributed by atoms with Crippen LogP contribution >= 0.6 is 0 Å². The molecule has 0 bridgehead atoms. The molecular weight excluding hydrogens is 402 g/mol. The maximum absolute atomic E-state index is 5.72. The van der Waals surface area contributed by atoms with Gasteiger partial charge in [-0.1, -0.05) is 18.6 Å². The first-order valence-electron chi connectivity index (χ1n) is 11.0. The lowest BCUT2D eigenvalue weighted by molar-refractivity contribution is 0.136. The van der Waals surface area contributed by atoms with Crippen molar-refractivity contribution in [2.45, 2.75) is 31.8 Å². The maximum atomic E-state index is 5.72. The minimum absolute atomic E-state index is 0.150. The summed E-state index contributed by atoms with van der Waals surface area (Å²) in [7, 11) is 7.30. The second-order valence-electron chi connectivity index (χ2n) is 8.20. The Balaban J connectivity index is 1.84. The summed E-state index contributed by atoms with van der Waals surface area (Å²) in [6, 6.07) is 12.1. The monoisotopic (exact) mass is 433 g/mol. The molecule has 1 aromatic carbocycles. The molecule has 1 fully saturated rings. The summed E-state index contributed by atoms with van der Waals surface area (Å²) in [5, 5.41) is 0. The van der Waals surface area contributed by atoms with Gasteiger partial charge in [-0.05, 0) is 43.7 Å². The fourth-order valence-electron chi connectivity index (χ4n) is 4.35. The summed E-state index contributed by atoms with van der Waals surface area (Å²) in [5.74, 6) is 2.19. The minimum Gasteiger partial charge on any atom is -0.496 e. The molecule has 32 heavy (non-hydrogen) atoms. The fraction of sp³-hybridized carbons (Fsp3) is 0.400. The highest BCUT2D eigenvalue weighted by Crippen LogP contribution is 2.43. The molecule has 1 unspecified atom stereocenters. The molecule has 2 aromatic heterocycles. The Morgan fingerprint density at radius 1 is 1.00 bits per heavy atom. The van der Waals surface area contributed by atoms with Crippen LogP contribution in [0.15, 0.2) is 48.8 Å². The zero-order chi connectivity index (χ0) is 22.5. The van der Waals surface area contributed by atoms with Crippen molar-refractivity contribution in [1.29, 1.82) is 0 Å². The van der Waals surface area contributed by atoms with E-state index in [-0.39, 0.29) is 6.04 Å². The van der Waals surface area contributed by atoms with E-state index < -0.39 is 0 Å². The molecule has 7 nitrogen and oxygen atoms in total. The average Bonchev–Trinajstić information content (AvgIpc) is 2.84. The van der Waals surface area contributed by atoms with Gasteiger partial charge in [0.2, 0.25) is 5.95 Å². The number of piperidine rings is 1. The van der Waals surface area contributed by atoms with Gasteiger partial charge in [0.05, 0.1) is 37.2 Å². The number of hydrogen-bond acceptors (Lipinski definition) is 7. The SMILES string of the molecule is COc1cccc(OC)c1-c1cnc(N(C)C)nc1C1CCCCN1Cc1ccccn1. The number of anilines is 1. The van der Waals surface area contributed by atoms with Crippen LogP contribution in [0.4, 0.5) is 5.95 Å². The summed E-state index contributed by atoms with van der Waals surface area (Å²) in [5.41, 5.74) is 3.91. The molecule has 168 valence electrons. The Kier molecular flexibility index (Phi) is 6.85. The van der Waals surface area contributed by atoms with Crippen LogP contribution < -0.4 is 14.4 Å². The Morgan fingerprint density at radius 3 is 2.44 bits per heavy atom. The molecule has 1 aliphatic rings. The zero-order valence-electron chi connectivity index (χ0n) is 19.3. The molecule has 0 N–H and O–H groups in total. The number of benzene rings is 1. The van der Waals surface area contributed by atoms with Gasteiger partial charge in [0.15, 0.2) is 0 Å². The molecule has 1 saturated heterocycles. The van der Waals surface area contributed by atoms with Crippen LogP contribution in [-0.4, -0.2) is 54.7 Å². The molecule has 4 rings (SSSR count). The molecule has 1 aliphatic heterocycles. The lowest BCUT2D eigenvalue weighted by Gasteiger charge is -2.36. The number of methoxy groups -OCH3 is 2. The van der Waals surface area contributed by atoms with Crippen molar-refractivity contribution in [3.8, 4) is 22.6 Å². The van der Waals surface area contributed by atoms with Crippen molar-refractivity contribution in [3.05, 3.63) is 60.2 Å². The van der Waals surface area contributed by atoms with E-state index in [1.54, 1.807) is 14.2 Å². The number of ether oxygens (including phenoxy) is 2. The molecular formula is C25H31N5O2. The van der Waals surface area contributed by atoms with E-state index in [2.05, 4.69) is 20.9 Å². The average molecular weight is 434 g/mol. The molecule has 0 saturated carbocycles. The minimum atomic E-state index is 0.150. The number of hydrogen-bond donors (Lipinski definition) is 0. The highest BCUT2D eigenvalue weighted by atomic mass is 16.5. The van der Waals surface area contributed by atoms with Crippen LogP contribution in [0.3, 0.4) is 0 Å². The first-order chi connectivity index (χ1) is 15.6. The Labute approximate surface area is 190 Å². The second-order valence-corrected chi connectivity index (χ2v) is 8.20. The van der Waals surface area contributed by atoms with E-state index in [1.165, 1.54) is 6.42 Å². The lowest BCUT2D eigenvalue weighted by Crippen LogP contribution is -2.34. The van der Waals surface area contributed by atoms with Crippen molar-refractivity contribution < 1.29 is 9.47 Å². The van der Waals surface area contributed by atoms with E-state index in [1.807, 2.05) is 61.7 Å².